The topological polar surface area (TPSA) is 114 Å². The van der Waals surface area contributed by atoms with Gasteiger partial charge < -0.3 is 19.9 Å². The quantitative estimate of drug-likeness (QED) is 0.451. The smallest absolute Gasteiger partial charge is 0.152 e. The SMILES string of the molecule is CCOCc1nc2c(N)nc3cccnc3c2n1CCCCCON. The molecule has 25 heavy (non-hydrogen) atoms. The maximum Gasteiger partial charge on any atom is 0.152 e. The van der Waals surface area contributed by atoms with E-state index >= 15 is 0 Å². The minimum Gasteiger partial charge on any atom is -0.382 e. The number of pyridine rings is 2. The second-order valence-electron chi connectivity index (χ2n) is 5.81. The molecular formula is C17H24N6O2. The van der Waals surface area contributed by atoms with Crippen LogP contribution in [0.5, 0.6) is 0 Å². The summed E-state index contributed by atoms with van der Waals surface area (Å²) in [6, 6.07) is 3.77. The van der Waals surface area contributed by atoms with Gasteiger partial charge in [-0.3, -0.25) is 4.98 Å². The highest BCUT2D eigenvalue weighted by molar-refractivity contribution is 6.04. The van der Waals surface area contributed by atoms with Crippen LogP contribution in [0.15, 0.2) is 18.3 Å². The summed E-state index contributed by atoms with van der Waals surface area (Å²) in [6.07, 6.45) is 4.67. The van der Waals surface area contributed by atoms with Gasteiger partial charge in [0.2, 0.25) is 0 Å². The number of unbranched alkanes of at least 4 members (excludes halogenated alkanes) is 2. The molecule has 0 spiro atoms. The number of aromatic nitrogens is 4. The lowest BCUT2D eigenvalue weighted by atomic mass is 10.2. The first-order valence-corrected chi connectivity index (χ1v) is 8.55. The van der Waals surface area contributed by atoms with E-state index in [9.17, 15) is 0 Å². The molecule has 3 aromatic rings. The van der Waals surface area contributed by atoms with Crippen LogP contribution in [0.1, 0.15) is 32.0 Å². The molecule has 8 nitrogen and oxygen atoms in total. The molecule has 3 rings (SSSR count). The van der Waals surface area contributed by atoms with Gasteiger partial charge in [-0.15, -0.1) is 0 Å². The number of nitrogens with zero attached hydrogens (tertiary/aromatic N) is 4. The fourth-order valence-electron chi connectivity index (χ4n) is 2.95. The predicted octanol–water partition coefficient (Wildman–Crippen LogP) is 2.16. The third-order valence-electron chi connectivity index (χ3n) is 4.12. The Balaban J connectivity index is 2.02. The van der Waals surface area contributed by atoms with E-state index in [1.54, 1.807) is 6.20 Å². The Morgan fingerprint density at radius 2 is 2.04 bits per heavy atom. The first-order valence-electron chi connectivity index (χ1n) is 8.55. The van der Waals surface area contributed by atoms with Gasteiger partial charge in [-0.25, -0.2) is 15.9 Å². The largest absolute Gasteiger partial charge is 0.382 e. The van der Waals surface area contributed by atoms with Gasteiger partial charge in [-0.2, -0.15) is 0 Å². The van der Waals surface area contributed by atoms with Gasteiger partial charge in [-0.05, 0) is 38.3 Å². The molecule has 0 unspecified atom stereocenters. The Morgan fingerprint density at radius 3 is 2.84 bits per heavy atom. The van der Waals surface area contributed by atoms with Crippen LogP contribution in [0.4, 0.5) is 5.82 Å². The molecule has 0 bridgehead atoms. The highest BCUT2D eigenvalue weighted by Crippen LogP contribution is 2.28. The van der Waals surface area contributed by atoms with E-state index in [4.69, 9.17) is 16.4 Å². The predicted molar refractivity (Wildman–Crippen MR) is 96.6 cm³/mol. The average molecular weight is 344 g/mol. The van der Waals surface area contributed by atoms with E-state index in [0.29, 0.717) is 31.2 Å². The lowest BCUT2D eigenvalue weighted by Crippen LogP contribution is -2.07. The molecule has 0 saturated carbocycles. The number of ether oxygens (including phenoxy) is 1. The third-order valence-corrected chi connectivity index (χ3v) is 4.12. The molecule has 8 heteroatoms. The molecule has 0 amide bonds. The summed E-state index contributed by atoms with van der Waals surface area (Å²) < 4.78 is 7.74. The van der Waals surface area contributed by atoms with Crippen LogP contribution in [0, 0.1) is 0 Å². The summed E-state index contributed by atoms with van der Waals surface area (Å²) in [4.78, 5) is 18.2. The molecule has 0 fully saturated rings. The zero-order valence-corrected chi connectivity index (χ0v) is 14.4. The van der Waals surface area contributed by atoms with Crippen LogP contribution in [-0.4, -0.2) is 32.7 Å². The maximum atomic E-state index is 6.14. The zero-order valence-electron chi connectivity index (χ0n) is 14.4. The van der Waals surface area contributed by atoms with Crippen LogP contribution in [0.2, 0.25) is 0 Å². The van der Waals surface area contributed by atoms with E-state index in [-0.39, 0.29) is 0 Å². The lowest BCUT2D eigenvalue weighted by Gasteiger charge is -2.10. The van der Waals surface area contributed by atoms with Crippen molar-refractivity contribution in [2.75, 3.05) is 18.9 Å². The Bertz CT molecular complexity index is 848. The molecular weight excluding hydrogens is 320 g/mol. The number of nitrogen functional groups attached to an aromatic ring is 1. The molecule has 0 aliphatic carbocycles. The fraction of sp³-hybridized carbons (Fsp3) is 0.471. The van der Waals surface area contributed by atoms with Crippen molar-refractivity contribution in [3.63, 3.8) is 0 Å². The zero-order chi connectivity index (χ0) is 17.6. The van der Waals surface area contributed by atoms with Crippen molar-refractivity contribution in [1.29, 1.82) is 0 Å². The lowest BCUT2D eigenvalue weighted by molar-refractivity contribution is 0.125. The van der Waals surface area contributed by atoms with E-state index in [1.165, 1.54) is 0 Å². The second-order valence-corrected chi connectivity index (χ2v) is 5.81. The fourth-order valence-corrected chi connectivity index (χ4v) is 2.95. The Labute approximate surface area is 146 Å². The molecule has 3 heterocycles. The number of imidazole rings is 1. The van der Waals surface area contributed by atoms with Gasteiger partial charge in [0.15, 0.2) is 5.82 Å². The summed E-state index contributed by atoms with van der Waals surface area (Å²) in [5.74, 6) is 6.34. The van der Waals surface area contributed by atoms with Crippen molar-refractivity contribution in [3.05, 3.63) is 24.2 Å². The molecule has 0 radical (unpaired) electrons. The Kier molecular flexibility index (Phi) is 5.75. The van der Waals surface area contributed by atoms with Crippen molar-refractivity contribution in [3.8, 4) is 0 Å². The summed E-state index contributed by atoms with van der Waals surface area (Å²) in [6.45, 7) is 4.40. The molecule has 134 valence electrons. The molecule has 0 aliphatic heterocycles. The first-order chi connectivity index (χ1) is 12.3. The van der Waals surface area contributed by atoms with Crippen molar-refractivity contribution in [1.82, 2.24) is 19.5 Å². The molecule has 3 aromatic heterocycles. The summed E-state index contributed by atoms with van der Waals surface area (Å²) in [7, 11) is 0. The van der Waals surface area contributed by atoms with Crippen LogP contribution >= 0.6 is 0 Å². The molecule has 0 aromatic carbocycles. The van der Waals surface area contributed by atoms with Crippen molar-refractivity contribution >= 4 is 27.9 Å². The second kappa shape index (κ2) is 8.19. The number of hydrogen-bond donors (Lipinski definition) is 2. The summed E-state index contributed by atoms with van der Waals surface area (Å²) in [5, 5.41) is 0. The van der Waals surface area contributed by atoms with Gasteiger partial charge in [0.1, 0.15) is 29.0 Å². The number of hydrogen-bond acceptors (Lipinski definition) is 7. The first kappa shape index (κ1) is 17.5. The van der Waals surface area contributed by atoms with Crippen LogP contribution in [0.3, 0.4) is 0 Å². The standard InChI is InChI=1S/C17H24N6O2/c1-2-24-11-13-22-15-16(23(13)9-4-3-5-10-25-19)14-12(21-17(15)18)7-6-8-20-14/h6-8H,2-5,9-11,19H2,1H3,(H2,18,21). The number of rotatable bonds is 9. The maximum absolute atomic E-state index is 6.14. The van der Waals surface area contributed by atoms with Crippen molar-refractivity contribution < 1.29 is 9.57 Å². The molecule has 4 N–H and O–H groups in total. The monoisotopic (exact) mass is 344 g/mol. The Hall–Kier alpha value is -2.29. The summed E-state index contributed by atoms with van der Waals surface area (Å²) in [5.41, 5.74) is 9.34. The van der Waals surface area contributed by atoms with E-state index in [1.807, 2.05) is 19.1 Å². The van der Waals surface area contributed by atoms with Gasteiger partial charge >= 0.3 is 0 Å². The van der Waals surface area contributed by atoms with Crippen molar-refractivity contribution in [2.24, 2.45) is 5.90 Å². The molecule has 0 atom stereocenters. The normalized spacial score (nSPS) is 11.6. The van der Waals surface area contributed by atoms with Gasteiger partial charge in [0.25, 0.3) is 0 Å². The van der Waals surface area contributed by atoms with Gasteiger partial charge in [0.05, 0.1) is 12.1 Å². The van der Waals surface area contributed by atoms with Gasteiger partial charge in [-0.1, -0.05) is 0 Å². The van der Waals surface area contributed by atoms with Crippen LogP contribution in [0.25, 0.3) is 22.1 Å². The van der Waals surface area contributed by atoms with E-state index < -0.39 is 0 Å². The molecule has 0 saturated heterocycles. The highest BCUT2D eigenvalue weighted by atomic mass is 16.6. The average Bonchev–Trinajstić information content (AvgIpc) is 2.99. The molecule has 0 aliphatic rings. The summed E-state index contributed by atoms with van der Waals surface area (Å²) >= 11 is 0. The van der Waals surface area contributed by atoms with E-state index in [0.717, 1.165) is 48.2 Å². The Morgan fingerprint density at radius 1 is 1.16 bits per heavy atom. The number of nitrogens with two attached hydrogens (primary N) is 2. The third kappa shape index (κ3) is 3.71. The number of fused-ring (bicyclic) bond motifs is 3. The van der Waals surface area contributed by atoms with E-state index in [2.05, 4.69) is 24.4 Å². The number of anilines is 1. The van der Waals surface area contributed by atoms with Crippen LogP contribution in [-0.2, 0) is 22.7 Å². The van der Waals surface area contributed by atoms with Gasteiger partial charge in [0, 0.05) is 19.3 Å². The highest BCUT2D eigenvalue weighted by Gasteiger charge is 2.17. The van der Waals surface area contributed by atoms with Crippen LogP contribution < -0.4 is 11.6 Å². The number of aryl methyl sites for hydroxylation is 1. The van der Waals surface area contributed by atoms with Crippen molar-refractivity contribution in [2.45, 2.75) is 39.3 Å². The minimum absolute atomic E-state index is 0.420. The minimum atomic E-state index is 0.420.